The summed E-state index contributed by atoms with van der Waals surface area (Å²) in [5.41, 5.74) is 0.0850. The van der Waals surface area contributed by atoms with Crippen LogP contribution in [0.3, 0.4) is 0 Å². The number of hydrogen-bond acceptors (Lipinski definition) is 4. The van der Waals surface area contributed by atoms with Gasteiger partial charge in [0.05, 0.1) is 0 Å². The second kappa shape index (κ2) is 2.97. The van der Waals surface area contributed by atoms with Crippen molar-refractivity contribution in [1.82, 2.24) is 0 Å². The molecule has 0 bridgehead atoms. The van der Waals surface area contributed by atoms with Gasteiger partial charge in [0.15, 0.2) is 5.75 Å². The van der Waals surface area contributed by atoms with Crippen LogP contribution in [0.4, 0.5) is 5.69 Å². The highest BCUT2D eigenvalue weighted by Crippen LogP contribution is 2.13. The molecule has 0 saturated heterocycles. The van der Waals surface area contributed by atoms with Gasteiger partial charge < -0.3 is 10.4 Å². The fourth-order valence-corrected chi connectivity index (χ4v) is 1.01. The Morgan fingerprint density at radius 1 is 1.50 bits per heavy atom. The third-order valence-electron chi connectivity index (χ3n) is 1.54. The quantitative estimate of drug-likeness (QED) is 0.652. The topological polar surface area (TPSA) is 61.7 Å². The fraction of sp³-hybridized carbons (Fsp3) is 0.500. The lowest BCUT2D eigenvalue weighted by Gasteiger charge is -2.07. The molecule has 0 aliphatic carbocycles. The molecule has 0 unspecified atom stereocenters. The van der Waals surface area contributed by atoms with Gasteiger partial charge in [-0.2, -0.15) is 0 Å². The minimum atomic E-state index is -0.368. The summed E-state index contributed by atoms with van der Waals surface area (Å²) in [4.78, 5) is 15.0. The van der Waals surface area contributed by atoms with Crippen LogP contribution in [0, 0.1) is 0 Å². The molecular weight excluding hydrogens is 156 g/mol. The molecule has 0 aliphatic rings. The van der Waals surface area contributed by atoms with E-state index in [0.717, 1.165) is 0 Å². The van der Waals surface area contributed by atoms with Crippen molar-refractivity contribution < 1.29 is 5.11 Å². The lowest BCUT2D eigenvalue weighted by Crippen LogP contribution is -2.35. The van der Waals surface area contributed by atoms with Gasteiger partial charge in [-0.25, -0.2) is 0 Å². The van der Waals surface area contributed by atoms with Gasteiger partial charge in [0.2, 0.25) is 5.43 Å². The minimum Gasteiger partial charge on any atom is -0.503 e. The van der Waals surface area contributed by atoms with Crippen LogP contribution in [0.5, 0.6) is 5.75 Å². The molecule has 1 aromatic carbocycles. The standard InChI is InChI=1S/C8H12N2O2/c1-4(2)10-6-5(9-3)7(11)8(6)12/h4,9,11H,1-3H3/b10-6-. The van der Waals surface area contributed by atoms with E-state index in [1.807, 2.05) is 13.8 Å². The molecule has 0 atom stereocenters. The first-order valence-electron chi connectivity index (χ1n) is 3.81. The predicted molar refractivity (Wildman–Crippen MR) is 47.0 cm³/mol. The summed E-state index contributed by atoms with van der Waals surface area (Å²) >= 11 is 0. The van der Waals surface area contributed by atoms with Gasteiger partial charge in [0, 0.05) is 13.1 Å². The first-order chi connectivity index (χ1) is 5.57. The Labute approximate surface area is 70.3 Å². The van der Waals surface area contributed by atoms with Gasteiger partial charge in [0.25, 0.3) is 0 Å². The summed E-state index contributed by atoms with van der Waals surface area (Å²) in [6.45, 7) is 3.76. The van der Waals surface area contributed by atoms with Crippen LogP contribution in [-0.2, 0) is 0 Å². The summed E-state index contributed by atoms with van der Waals surface area (Å²) in [7, 11) is 1.65. The highest BCUT2D eigenvalue weighted by Gasteiger charge is 2.16. The Balaban J connectivity index is 3.18. The summed E-state index contributed by atoms with van der Waals surface area (Å²) in [5, 5.41) is 12.1. The maximum atomic E-state index is 11.0. The van der Waals surface area contributed by atoms with Gasteiger partial charge in [-0.1, -0.05) is 0 Å². The van der Waals surface area contributed by atoms with Gasteiger partial charge in [-0.05, 0) is 13.8 Å². The number of nitrogens with zero attached hydrogens (tertiary/aromatic N) is 1. The molecule has 0 spiro atoms. The van der Waals surface area contributed by atoms with Crippen LogP contribution < -0.4 is 16.1 Å². The third kappa shape index (κ3) is 1.20. The van der Waals surface area contributed by atoms with Crippen molar-refractivity contribution >= 4 is 5.69 Å². The third-order valence-corrected chi connectivity index (χ3v) is 1.54. The number of anilines is 1. The lowest BCUT2D eigenvalue weighted by molar-refractivity contribution is 0.464. The number of rotatable bonds is 2. The molecule has 0 saturated carbocycles. The van der Waals surface area contributed by atoms with E-state index in [0.29, 0.717) is 11.0 Å². The SMILES string of the molecule is CNc1c(O)c(=O)/c1=N\C(C)C. The molecular formula is C8H12N2O2. The Morgan fingerprint density at radius 3 is 2.50 bits per heavy atom. The average Bonchev–Trinajstić information content (AvgIpc) is 2.03. The Morgan fingerprint density at radius 2 is 2.08 bits per heavy atom. The molecule has 4 heteroatoms. The normalized spacial score (nSPS) is 12.8. The highest BCUT2D eigenvalue weighted by atomic mass is 16.3. The van der Waals surface area contributed by atoms with E-state index in [4.69, 9.17) is 5.11 Å². The van der Waals surface area contributed by atoms with E-state index < -0.39 is 0 Å². The van der Waals surface area contributed by atoms with E-state index in [-0.39, 0.29) is 17.2 Å². The molecule has 12 heavy (non-hydrogen) atoms. The van der Waals surface area contributed by atoms with Crippen LogP contribution in [0.2, 0.25) is 0 Å². The molecule has 1 rings (SSSR count). The van der Waals surface area contributed by atoms with Gasteiger partial charge >= 0.3 is 0 Å². The molecule has 2 N–H and O–H groups in total. The summed E-state index contributed by atoms with van der Waals surface area (Å²) in [6.07, 6.45) is 0. The van der Waals surface area contributed by atoms with E-state index in [9.17, 15) is 4.79 Å². The zero-order valence-electron chi connectivity index (χ0n) is 7.38. The van der Waals surface area contributed by atoms with Crippen molar-refractivity contribution in [3.63, 3.8) is 0 Å². The van der Waals surface area contributed by atoms with Crippen molar-refractivity contribution in [3.05, 3.63) is 15.6 Å². The largest absolute Gasteiger partial charge is 0.503 e. The lowest BCUT2D eigenvalue weighted by atomic mass is 10.2. The van der Waals surface area contributed by atoms with E-state index in [1.165, 1.54) is 0 Å². The molecule has 0 fully saturated rings. The smallest absolute Gasteiger partial charge is 0.249 e. The predicted octanol–water partition coefficient (Wildman–Crippen LogP) is -0.0212. The molecule has 4 nitrogen and oxygen atoms in total. The van der Waals surface area contributed by atoms with E-state index >= 15 is 0 Å². The van der Waals surface area contributed by atoms with Crippen LogP contribution in [0.1, 0.15) is 13.8 Å². The summed E-state index contributed by atoms with van der Waals surface area (Å²) in [6, 6.07) is 0.0698. The Bertz CT molecular complexity index is 359. The Hall–Kier alpha value is -1.32. The minimum absolute atomic E-state index is 0.0698. The molecule has 0 heterocycles. The fourth-order valence-electron chi connectivity index (χ4n) is 1.01. The number of nitrogens with one attached hydrogen (secondary N) is 1. The van der Waals surface area contributed by atoms with Crippen LogP contribution in [-0.4, -0.2) is 18.2 Å². The van der Waals surface area contributed by atoms with Crippen molar-refractivity contribution in [3.8, 4) is 5.75 Å². The summed E-state index contributed by atoms with van der Waals surface area (Å²) < 4.78 is 0. The maximum absolute atomic E-state index is 11.0. The van der Waals surface area contributed by atoms with E-state index in [1.54, 1.807) is 7.05 Å². The zero-order valence-corrected chi connectivity index (χ0v) is 7.38. The molecule has 0 aromatic heterocycles. The van der Waals surface area contributed by atoms with Crippen molar-refractivity contribution in [2.75, 3.05) is 12.4 Å². The first-order valence-corrected chi connectivity index (χ1v) is 3.81. The van der Waals surface area contributed by atoms with Crippen LogP contribution in [0.25, 0.3) is 0 Å². The highest BCUT2D eigenvalue weighted by molar-refractivity contribution is 5.60. The first kappa shape index (κ1) is 8.77. The van der Waals surface area contributed by atoms with Crippen molar-refractivity contribution in [1.29, 1.82) is 0 Å². The van der Waals surface area contributed by atoms with Gasteiger partial charge in [0.1, 0.15) is 11.0 Å². The second-order valence-corrected chi connectivity index (χ2v) is 2.87. The molecule has 0 aliphatic heterocycles. The van der Waals surface area contributed by atoms with Gasteiger partial charge in [-0.15, -0.1) is 0 Å². The molecule has 66 valence electrons. The van der Waals surface area contributed by atoms with Gasteiger partial charge in [-0.3, -0.25) is 9.79 Å². The Kier molecular flexibility index (Phi) is 2.17. The van der Waals surface area contributed by atoms with Crippen LogP contribution in [0.15, 0.2) is 9.79 Å². The van der Waals surface area contributed by atoms with E-state index in [2.05, 4.69) is 10.3 Å². The monoisotopic (exact) mass is 168 g/mol. The maximum Gasteiger partial charge on any atom is 0.249 e. The second-order valence-electron chi connectivity index (χ2n) is 2.87. The average molecular weight is 168 g/mol. The van der Waals surface area contributed by atoms with Crippen LogP contribution >= 0.6 is 0 Å². The summed E-state index contributed by atoms with van der Waals surface area (Å²) in [5.74, 6) is -0.211. The van der Waals surface area contributed by atoms with Crippen molar-refractivity contribution in [2.24, 2.45) is 4.99 Å². The molecule has 0 amide bonds. The number of aromatic hydroxyl groups is 1. The number of hydrogen-bond donors (Lipinski definition) is 2. The molecule has 1 aromatic rings. The molecule has 0 radical (unpaired) electrons. The zero-order chi connectivity index (χ0) is 9.30. The van der Waals surface area contributed by atoms with Crippen molar-refractivity contribution in [2.45, 2.75) is 19.9 Å².